The zero-order chi connectivity index (χ0) is 13.8. The Bertz CT molecular complexity index is 447. The first-order valence-corrected chi connectivity index (χ1v) is 6.80. The van der Waals surface area contributed by atoms with Gasteiger partial charge in [0.25, 0.3) is 5.91 Å². The normalized spacial score (nSPS) is 19.8. The Morgan fingerprint density at radius 1 is 1.63 bits per heavy atom. The van der Waals surface area contributed by atoms with Gasteiger partial charge in [0, 0.05) is 25.3 Å². The number of nitrogens with zero attached hydrogens (tertiary/aromatic N) is 2. The molecule has 1 aromatic heterocycles. The Morgan fingerprint density at radius 3 is 3.05 bits per heavy atom. The lowest BCUT2D eigenvalue weighted by atomic mass is 10.1. The van der Waals surface area contributed by atoms with Crippen molar-refractivity contribution in [1.29, 1.82) is 0 Å². The SMILES string of the molecule is CC(C)N1CCC(CNC(=O)c2ncccc2N)C1. The van der Waals surface area contributed by atoms with Crippen molar-refractivity contribution in [2.24, 2.45) is 5.92 Å². The molecule has 0 saturated carbocycles. The van der Waals surface area contributed by atoms with E-state index in [1.807, 2.05) is 0 Å². The highest BCUT2D eigenvalue weighted by Crippen LogP contribution is 2.17. The van der Waals surface area contributed by atoms with Crippen molar-refractivity contribution in [3.63, 3.8) is 0 Å². The summed E-state index contributed by atoms with van der Waals surface area (Å²) < 4.78 is 0. The highest BCUT2D eigenvalue weighted by atomic mass is 16.1. The summed E-state index contributed by atoms with van der Waals surface area (Å²) in [5, 5.41) is 2.93. The molecule has 1 aromatic rings. The zero-order valence-electron chi connectivity index (χ0n) is 11.6. The maximum atomic E-state index is 12.0. The van der Waals surface area contributed by atoms with Crippen LogP contribution in [0.25, 0.3) is 0 Å². The fourth-order valence-corrected chi connectivity index (χ4v) is 2.43. The number of amides is 1. The fraction of sp³-hybridized carbons (Fsp3) is 0.571. The van der Waals surface area contributed by atoms with E-state index < -0.39 is 0 Å². The third-order valence-electron chi connectivity index (χ3n) is 3.65. The molecule has 0 radical (unpaired) electrons. The van der Waals surface area contributed by atoms with Gasteiger partial charge in [-0.15, -0.1) is 0 Å². The monoisotopic (exact) mass is 262 g/mol. The molecule has 0 aromatic carbocycles. The van der Waals surface area contributed by atoms with E-state index in [1.165, 1.54) is 0 Å². The smallest absolute Gasteiger partial charge is 0.272 e. The molecule has 5 nitrogen and oxygen atoms in total. The standard InChI is InChI=1S/C14H22N4O/c1-10(2)18-7-5-11(9-18)8-17-14(19)13-12(15)4-3-6-16-13/h3-4,6,10-11H,5,7-9,15H2,1-2H3,(H,17,19). The van der Waals surface area contributed by atoms with E-state index in [0.29, 0.717) is 29.9 Å². The number of pyridine rings is 1. The molecule has 1 saturated heterocycles. The van der Waals surface area contributed by atoms with Crippen LogP contribution in [0.3, 0.4) is 0 Å². The number of anilines is 1. The summed E-state index contributed by atoms with van der Waals surface area (Å²) in [6.45, 7) is 7.27. The van der Waals surface area contributed by atoms with Gasteiger partial charge in [-0.3, -0.25) is 4.79 Å². The number of carbonyl (C=O) groups excluding carboxylic acids is 1. The average Bonchev–Trinajstić information content (AvgIpc) is 2.85. The molecule has 1 unspecified atom stereocenters. The van der Waals surface area contributed by atoms with Gasteiger partial charge in [-0.1, -0.05) is 0 Å². The summed E-state index contributed by atoms with van der Waals surface area (Å²) >= 11 is 0. The van der Waals surface area contributed by atoms with Crippen molar-refractivity contribution in [2.45, 2.75) is 26.3 Å². The second-order valence-corrected chi connectivity index (χ2v) is 5.39. The molecule has 1 amide bonds. The fourth-order valence-electron chi connectivity index (χ4n) is 2.43. The van der Waals surface area contributed by atoms with Gasteiger partial charge in [-0.25, -0.2) is 4.98 Å². The number of rotatable bonds is 4. The summed E-state index contributed by atoms with van der Waals surface area (Å²) in [4.78, 5) is 18.4. The zero-order valence-corrected chi connectivity index (χ0v) is 11.6. The number of hydrogen-bond donors (Lipinski definition) is 2. The van der Waals surface area contributed by atoms with Gasteiger partial charge in [0.2, 0.25) is 0 Å². The Hall–Kier alpha value is -1.62. The van der Waals surface area contributed by atoms with Gasteiger partial charge in [-0.05, 0) is 44.9 Å². The van der Waals surface area contributed by atoms with Gasteiger partial charge in [0.1, 0.15) is 0 Å². The molecule has 0 bridgehead atoms. The summed E-state index contributed by atoms with van der Waals surface area (Å²) in [5.41, 5.74) is 6.48. The summed E-state index contributed by atoms with van der Waals surface area (Å²) in [5.74, 6) is 0.345. The maximum absolute atomic E-state index is 12.0. The van der Waals surface area contributed by atoms with Crippen molar-refractivity contribution in [1.82, 2.24) is 15.2 Å². The number of nitrogen functional groups attached to an aromatic ring is 1. The van der Waals surface area contributed by atoms with E-state index in [-0.39, 0.29) is 5.91 Å². The van der Waals surface area contributed by atoms with E-state index in [0.717, 1.165) is 19.5 Å². The van der Waals surface area contributed by atoms with Crippen LogP contribution < -0.4 is 11.1 Å². The third kappa shape index (κ3) is 3.44. The van der Waals surface area contributed by atoms with Gasteiger partial charge >= 0.3 is 0 Å². The minimum absolute atomic E-state index is 0.180. The van der Waals surface area contributed by atoms with E-state index in [2.05, 4.69) is 29.0 Å². The number of nitrogens with one attached hydrogen (secondary N) is 1. The first kappa shape index (κ1) is 13.8. The summed E-state index contributed by atoms with van der Waals surface area (Å²) in [6, 6.07) is 3.99. The molecule has 1 fully saturated rings. The van der Waals surface area contributed by atoms with Gasteiger partial charge in [0.15, 0.2) is 5.69 Å². The van der Waals surface area contributed by atoms with Crippen molar-refractivity contribution < 1.29 is 4.79 Å². The molecule has 104 valence electrons. The lowest BCUT2D eigenvalue weighted by molar-refractivity contribution is 0.0943. The molecular formula is C14H22N4O. The number of nitrogens with two attached hydrogens (primary N) is 1. The van der Waals surface area contributed by atoms with Gasteiger partial charge < -0.3 is 16.0 Å². The van der Waals surface area contributed by atoms with Crippen molar-refractivity contribution in [3.8, 4) is 0 Å². The second kappa shape index (κ2) is 6.02. The Morgan fingerprint density at radius 2 is 2.42 bits per heavy atom. The van der Waals surface area contributed by atoms with Crippen LogP contribution >= 0.6 is 0 Å². The first-order valence-electron chi connectivity index (χ1n) is 6.80. The third-order valence-corrected chi connectivity index (χ3v) is 3.65. The van der Waals surface area contributed by atoms with Crippen LogP contribution in [0, 0.1) is 5.92 Å². The van der Waals surface area contributed by atoms with Crippen LogP contribution in [-0.4, -0.2) is 41.5 Å². The number of aromatic nitrogens is 1. The average molecular weight is 262 g/mol. The first-order chi connectivity index (χ1) is 9.08. The Labute approximate surface area is 114 Å². The molecule has 5 heteroatoms. The van der Waals surface area contributed by atoms with E-state index >= 15 is 0 Å². The molecule has 0 spiro atoms. The molecule has 1 aliphatic rings. The van der Waals surface area contributed by atoms with E-state index in [1.54, 1.807) is 18.3 Å². The van der Waals surface area contributed by atoms with E-state index in [4.69, 9.17) is 5.73 Å². The Balaban J connectivity index is 1.84. The highest BCUT2D eigenvalue weighted by Gasteiger charge is 2.24. The van der Waals surface area contributed by atoms with Crippen molar-refractivity contribution in [2.75, 3.05) is 25.4 Å². The molecule has 1 aliphatic heterocycles. The van der Waals surface area contributed by atoms with Crippen LogP contribution in [-0.2, 0) is 0 Å². The van der Waals surface area contributed by atoms with Crippen LogP contribution in [0.1, 0.15) is 30.8 Å². The molecule has 1 atom stereocenters. The Kier molecular flexibility index (Phi) is 4.37. The molecule has 2 rings (SSSR count). The molecule has 3 N–H and O–H groups in total. The number of hydrogen-bond acceptors (Lipinski definition) is 4. The number of likely N-dealkylation sites (tertiary alicyclic amines) is 1. The summed E-state index contributed by atoms with van der Waals surface area (Å²) in [7, 11) is 0. The van der Waals surface area contributed by atoms with Crippen LogP contribution in [0.2, 0.25) is 0 Å². The van der Waals surface area contributed by atoms with Gasteiger partial charge in [-0.2, -0.15) is 0 Å². The van der Waals surface area contributed by atoms with Crippen molar-refractivity contribution in [3.05, 3.63) is 24.0 Å². The van der Waals surface area contributed by atoms with E-state index in [9.17, 15) is 4.79 Å². The second-order valence-electron chi connectivity index (χ2n) is 5.39. The van der Waals surface area contributed by atoms with Crippen LogP contribution in [0.15, 0.2) is 18.3 Å². The quantitative estimate of drug-likeness (QED) is 0.853. The molecule has 0 aliphatic carbocycles. The largest absolute Gasteiger partial charge is 0.397 e. The van der Waals surface area contributed by atoms with Crippen LogP contribution in [0.4, 0.5) is 5.69 Å². The minimum atomic E-state index is -0.180. The van der Waals surface area contributed by atoms with Crippen LogP contribution in [0.5, 0.6) is 0 Å². The minimum Gasteiger partial charge on any atom is -0.397 e. The molecular weight excluding hydrogens is 240 g/mol. The highest BCUT2D eigenvalue weighted by molar-refractivity contribution is 5.96. The molecule has 2 heterocycles. The predicted octanol–water partition coefficient (Wildman–Crippen LogP) is 1.12. The topological polar surface area (TPSA) is 71.2 Å². The maximum Gasteiger partial charge on any atom is 0.272 e. The van der Waals surface area contributed by atoms with Crippen molar-refractivity contribution >= 4 is 11.6 Å². The summed E-state index contributed by atoms with van der Waals surface area (Å²) in [6.07, 6.45) is 2.72. The number of carbonyl (C=O) groups is 1. The lowest BCUT2D eigenvalue weighted by Gasteiger charge is -2.20. The predicted molar refractivity (Wildman–Crippen MR) is 75.8 cm³/mol. The van der Waals surface area contributed by atoms with Gasteiger partial charge in [0.05, 0.1) is 5.69 Å². The molecule has 19 heavy (non-hydrogen) atoms. The lowest BCUT2D eigenvalue weighted by Crippen LogP contribution is -2.33.